The number of rotatable bonds is 2. The van der Waals surface area contributed by atoms with E-state index in [1.807, 2.05) is 10.9 Å². The second kappa shape index (κ2) is 3.39. The van der Waals surface area contributed by atoms with Crippen molar-refractivity contribution in [3.05, 3.63) is 16.4 Å². The Balaban J connectivity index is 2.79. The maximum absolute atomic E-state index is 4.23. The monoisotopic (exact) mass is 216 g/mol. The summed E-state index contributed by atoms with van der Waals surface area (Å²) in [6, 6.07) is 0. The average molecular weight is 217 g/mol. The Morgan fingerprint density at radius 1 is 1.64 bits per heavy atom. The number of halogens is 1. The molecule has 1 aromatic rings. The summed E-state index contributed by atoms with van der Waals surface area (Å²) in [5, 5.41) is 4.23. The van der Waals surface area contributed by atoms with Gasteiger partial charge >= 0.3 is 0 Å². The van der Waals surface area contributed by atoms with Crippen molar-refractivity contribution in [1.29, 1.82) is 0 Å². The van der Waals surface area contributed by atoms with Gasteiger partial charge in [0.1, 0.15) is 0 Å². The fourth-order valence-electron chi connectivity index (χ4n) is 0.954. The van der Waals surface area contributed by atoms with Gasteiger partial charge in [-0.3, -0.25) is 4.68 Å². The van der Waals surface area contributed by atoms with Crippen molar-refractivity contribution in [2.24, 2.45) is 5.92 Å². The highest BCUT2D eigenvalue weighted by Gasteiger charge is 2.03. The summed E-state index contributed by atoms with van der Waals surface area (Å²) in [4.78, 5) is 0. The van der Waals surface area contributed by atoms with Gasteiger partial charge in [0.25, 0.3) is 0 Å². The Morgan fingerprint density at radius 3 is 2.64 bits per heavy atom. The van der Waals surface area contributed by atoms with E-state index in [0.717, 1.165) is 11.0 Å². The van der Waals surface area contributed by atoms with Crippen LogP contribution in [0.1, 0.15) is 19.5 Å². The molecule has 0 spiro atoms. The van der Waals surface area contributed by atoms with Crippen molar-refractivity contribution in [2.45, 2.75) is 27.3 Å². The van der Waals surface area contributed by atoms with Gasteiger partial charge in [0, 0.05) is 12.2 Å². The fourth-order valence-corrected chi connectivity index (χ4v) is 1.25. The maximum Gasteiger partial charge on any atom is 0.0635 e. The van der Waals surface area contributed by atoms with Crippen molar-refractivity contribution < 1.29 is 0 Å². The molecule has 2 nitrogen and oxygen atoms in total. The summed E-state index contributed by atoms with van der Waals surface area (Å²) in [6.07, 6.45) is 1.84. The van der Waals surface area contributed by atoms with Crippen LogP contribution in [0.25, 0.3) is 0 Å². The summed E-state index contributed by atoms with van der Waals surface area (Å²) < 4.78 is 3.12. The molecule has 3 heteroatoms. The van der Waals surface area contributed by atoms with Crippen molar-refractivity contribution in [3.63, 3.8) is 0 Å². The van der Waals surface area contributed by atoms with Crippen molar-refractivity contribution >= 4 is 15.9 Å². The molecule has 0 amide bonds. The highest BCUT2D eigenvalue weighted by atomic mass is 79.9. The van der Waals surface area contributed by atoms with Gasteiger partial charge in [0.2, 0.25) is 0 Å². The van der Waals surface area contributed by atoms with Gasteiger partial charge in [0.05, 0.1) is 10.7 Å². The SMILES string of the molecule is Cc1c(Br)cnn1CC(C)C. The molecule has 0 radical (unpaired) electrons. The molecule has 0 aliphatic carbocycles. The molecule has 1 aromatic heterocycles. The minimum Gasteiger partial charge on any atom is -0.268 e. The standard InChI is InChI=1S/C8H13BrN2/c1-6(2)5-11-7(3)8(9)4-10-11/h4,6H,5H2,1-3H3. The lowest BCUT2D eigenvalue weighted by atomic mass is 10.2. The lowest BCUT2D eigenvalue weighted by Gasteiger charge is -2.06. The molecule has 0 unspecified atom stereocenters. The Kier molecular flexibility index (Phi) is 2.71. The quantitative estimate of drug-likeness (QED) is 0.744. The number of aromatic nitrogens is 2. The molecule has 0 aromatic carbocycles. The van der Waals surface area contributed by atoms with E-state index < -0.39 is 0 Å². The van der Waals surface area contributed by atoms with E-state index in [1.165, 1.54) is 5.69 Å². The van der Waals surface area contributed by atoms with E-state index in [2.05, 4.69) is 41.8 Å². The van der Waals surface area contributed by atoms with Gasteiger partial charge in [-0.15, -0.1) is 0 Å². The van der Waals surface area contributed by atoms with Gasteiger partial charge in [-0.05, 0) is 28.8 Å². The van der Waals surface area contributed by atoms with Crippen LogP contribution in [0.2, 0.25) is 0 Å². The molecule has 0 saturated heterocycles. The van der Waals surface area contributed by atoms with E-state index in [1.54, 1.807) is 0 Å². The molecule has 0 aliphatic heterocycles. The molecule has 0 aliphatic rings. The number of hydrogen-bond donors (Lipinski definition) is 0. The summed E-state index contributed by atoms with van der Waals surface area (Å²) in [6.45, 7) is 7.45. The third-order valence-corrected chi connectivity index (χ3v) is 2.36. The Bertz CT molecular complexity index is 240. The van der Waals surface area contributed by atoms with Crippen LogP contribution in [0, 0.1) is 12.8 Å². The van der Waals surface area contributed by atoms with Crippen LogP contribution in [-0.4, -0.2) is 9.78 Å². The van der Waals surface area contributed by atoms with E-state index in [4.69, 9.17) is 0 Å². The van der Waals surface area contributed by atoms with Crippen LogP contribution < -0.4 is 0 Å². The molecule has 0 atom stereocenters. The zero-order valence-electron chi connectivity index (χ0n) is 7.13. The smallest absolute Gasteiger partial charge is 0.0635 e. The van der Waals surface area contributed by atoms with Crippen LogP contribution >= 0.6 is 15.9 Å². The fraction of sp³-hybridized carbons (Fsp3) is 0.625. The van der Waals surface area contributed by atoms with Gasteiger partial charge in [-0.2, -0.15) is 5.10 Å². The Hall–Kier alpha value is -0.310. The topological polar surface area (TPSA) is 17.8 Å². The second-order valence-corrected chi connectivity index (χ2v) is 4.01. The summed E-state index contributed by atoms with van der Waals surface area (Å²) in [5.41, 5.74) is 1.21. The van der Waals surface area contributed by atoms with E-state index in [9.17, 15) is 0 Å². The predicted molar refractivity (Wildman–Crippen MR) is 49.5 cm³/mol. The molecule has 0 N–H and O–H groups in total. The molecule has 0 bridgehead atoms. The Labute approximate surface area is 75.7 Å². The molecule has 0 saturated carbocycles. The lowest BCUT2D eigenvalue weighted by Crippen LogP contribution is -2.07. The summed E-state index contributed by atoms with van der Waals surface area (Å²) in [5.74, 6) is 0.653. The molecule has 11 heavy (non-hydrogen) atoms. The first-order valence-electron chi connectivity index (χ1n) is 3.79. The third-order valence-electron chi connectivity index (χ3n) is 1.58. The summed E-state index contributed by atoms with van der Waals surface area (Å²) >= 11 is 3.42. The molecule has 0 fully saturated rings. The highest BCUT2D eigenvalue weighted by molar-refractivity contribution is 9.10. The van der Waals surface area contributed by atoms with E-state index in [0.29, 0.717) is 5.92 Å². The minimum atomic E-state index is 0.653. The van der Waals surface area contributed by atoms with Crippen molar-refractivity contribution in [3.8, 4) is 0 Å². The minimum absolute atomic E-state index is 0.653. The zero-order valence-corrected chi connectivity index (χ0v) is 8.72. The van der Waals surface area contributed by atoms with Gasteiger partial charge < -0.3 is 0 Å². The van der Waals surface area contributed by atoms with Crippen LogP contribution in [0.5, 0.6) is 0 Å². The number of nitrogens with zero attached hydrogens (tertiary/aromatic N) is 2. The molecule has 62 valence electrons. The lowest BCUT2D eigenvalue weighted by molar-refractivity contribution is 0.474. The first kappa shape index (κ1) is 8.78. The molecule has 1 rings (SSSR count). The normalized spacial score (nSPS) is 11.0. The van der Waals surface area contributed by atoms with E-state index >= 15 is 0 Å². The molecule has 1 heterocycles. The van der Waals surface area contributed by atoms with Crippen LogP contribution in [0.4, 0.5) is 0 Å². The van der Waals surface area contributed by atoms with Crippen molar-refractivity contribution in [1.82, 2.24) is 9.78 Å². The van der Waals surface area contributed by atoms with Gasteiger partial charge in [-0.25, -0.2) is 0 Å². The largest absolute Gasteiger partial charge is 0.268 e. The van der Waals surface area contributed by atoms with Gasteiger partial charge in [-0.1, -0.05) is 13.8 Å². The number of hydrogen-bond acceptors (Lipinski definition) is 1. The third kappa shape index (κ3) is 2.06. The summed E-state index contributed by atoms with van der Waals surface area (Å²) in [7, 11) is 0. The first-order chi connectivity index (χ1) is 5.11. The maximum atomic E-state index is 4.23. The van der Waals surface area contributed by atoms with Crippen LogP contribution in [0.3, 0.4) is 0 Å². The highest BCUT2D eigenvalue weighted by Crippen LogP contribution is 2.15. The van der Waals surface area contributed by atoms with Gasteiger partial charge in [0.15, 0.2) is 0 Å². The van der Waals surface area contributed by atoms with Crippen LogP contribution in [-0.2, 0) is 6.54 Å². The average Bonchev–Trinajstić information content (AvgIpc) is 2.18. The first-order valence-corrected chi connectivity index (χ1v) is 4.58. The second-order valence-electron chi connectivity index (χ2n) is 3.15. The molecular formula is C8H13BrN2. The predicted octanol–water partition coefficient (Wildman–Crippen LogP) is 2.61. The van der Waals surface area contributed by atoms with E-state index in [-0.39, 0.29) is 0 Å². The zero-order chi connectivity index (χ0) is 8.43. The van der Waals surface area contributed by atoms with Crippen molar-refractivity contribution in [2.75, 3.05) is 0 Å². The Morgan fingerprint density at radius 2 is 2.27 bits per heavy atom. The molecular weight excluding hydrogens is 204 g/mol. The van der Waals surface area contributed by atoms with Crippen LogP contribution in [0.15, 0.2) is 10.7 Å².